The molecule has 1 aliphatic heterocycles. The SMILES string of the molecule is C[C@@H]1CC[C@]2(C)C3=CC(O)[C@@]4(C)[C@@H](CCC45OCCCO5)[C@@H]3CC[C@@H]2C1. The van der Waals surface area contributed by atoms with Gasteiger partial charge in [-0.15, -0.1) is 0 Å². The summed E-state index contributed by atoms with van der Waals surface area (Å²) in [5, 5.41) is 11.4. The highest BCUT2D eigenvalue weighted by molar-refractivity contribution is 5.32. The zero-order chi connectivity index (χ0) is 18.2. The van der Waals surface area contributed by atoms with Crippen molar-refractivity contribution in [3.05, 3.63) is 11.6 Å². The maximum atomic E-state index is 11.4. The van der Waals surface area contributed by atoms with Gasteiger partial charge in [0.2, 0.25) is 0 Å². The summed E-state index contributed by atoms with van der Waals surface area (Å²) >= 11 is 0. The number of ether oxygens (including phenoxy) is 2. The Bertz CT molecular complexity index is 607. The summed E-state index contributed by atoms with van der Waals surface area (Å²) in [6, 6.07) is 0. The molecule has 4 fully saturated rings. The molecule has 5 aliphatic rings. The number of fused-ring (bicyclic) bond motifs is 6. The quantitative estimate of drug-likeness (QED) is 0.637. The average Bonchev–Trinajstić information content (AvgIpc) is 2.91. The molecule has 146 valence electrons. The third-order valence-electron chi connectivity index (χ3n) is 9.40. The van der Waals surface area contributed by atoms with Crippen molar-refractivity contribution in [1.29, 1.82) is 0 Å². The minimum Gasteiger partial charge on any atom is -0.388 e. The predicted molar refractivity (Wildman–Crippen MR) is 102 cm³/mol. The van der Waals surface area contributed by atoms with Crippen molar-refractivity contribution in [2.45, 2.75) is 84.0 Å². The molecule has 0 bridgehead atoms. The fourth-order valence-electron chi connectivity index (χ4n) is 7.76. The lowest BCUT2D eigenvalue weighted by Gasteiger charge is -2.59. The maximum Gasteiger partial charge on any atom is 0.176 e. The first-order chi connectivity index (χ1) is 12.4. The molecule has 0 radical (unpaired) electrons. The van der Waals surface area contributed by atoms with Gasteiger partial charge >= 0.3 is 0 Å². The number of hydrogen-bond acceptors (Lipinski definition) is 3. The summed E-state index contributed by atoms with van der Waals surface area (Å²) in [6.07, 6.45) is 11.5. The second-order valence-corrected chi connectivity index (χ2v) is 10.5. The van der Waals surface area contributed by atoms with E-state index in [9.17, 15) is 5.11 Å². The molecule has 1 unspecified atom stereocenters. The Kier molecular flexibility index (Phi) is 3.96. The minimum absolute atomic E-state index is 0.299. The first-order valence-electron chi connectivity index (χ1n) is 11.1. The van der Waals surface area contributed by atoms with E-state index in [1.807, 2.05) is 0 Å². The topological polar surface area (TPSA) is 38.7 Å². The van der Waals surface area contributed by atoms with Gasteiger partial charge in [-0.3, -0.25) is 0 Å². The summed E-state index contributed by atoms with van der Waals surface area (Å²) in [6.45, 7) is 8.73. The monoisotopic (exact) mass is 360 g/mol. The van der Waals surface area contributed by atoms with E-state index in [0.717, 1.165) is 44.3 Å². The molecule has 0 amide bonds. The first kappa shape index (κ1) is 17.7. The molecule has 0 aromatic carbocycles. The Hall–Kier alpha value is -0.380. The third-order valence-corrected chi connectivity index (χ3v) is 9.40. The molecule has 26 heavy (non-hydrogen) atoms. The predicted octanol–water partition coefficient (Wildman–Crippen LogP) is 4.69. The molecular weight excluding hydrogens is 324 g/mol. The first-order valence-corrected chi connectivity index (χ1v) is 11.1. The van der Waals surface area contributed by atoms with Gasteiger partial charge in [-0.1, -0.05) is 32.4 Å². The lowest BCUT2D eigenvalue weighted by atomic mass is 9.48. The molecule has 0 aromatic heterocycles. The molecule has 0 aromatic rings. The van der Waals surface area contributed by atoms with Crippen molar-refractivity contribution in [3.8, 4) is 0 Å². The van der Waals surface area contributed by atoms with Gasteiger partial charge < -0.3 is 14.6 Å². The van der Waals surface area contributed by atoms with Crippen molar-refractivity contribution in [2.24, 2.45) is 34.5 Å². The number of hydrogen-bond donors (Lipinski definition) is 1. The molecule has 5 rings (SSSR count). The molecule has 3 saturated carbocycles. The fourth-order valence-corrected chi connectivity index (χ4v) is 7.76. The van der Waals surface area contributed by atoms with E-state index in [0.29, 0.717) is 17.3 Å². The van der Waals surface area contributed by atoms with E-state index >= 15 is 0 Å². The van der Waals surface area contributed by atoms with Crippen molar-refractivity contribution in [1.82, 2.24) is 0 Å². The third kappa shape index (κ3) is 2.11. The largest absolute Gasteiger partial charge is 0.388 e. The zero-order valence-electron chi connectivity index (χ0n) is 16.8. The minimum atomic E-state index is -0.559. The molecule has 4 aliphatic carbocycles. The van der Waals surface area contributed by atoms with Gasteiger partial charge in [-0.05, 0) is 74.0 Å². The Balaban J connectivity index is 1.54. The Morgan fingerprint density at radius 3 is 2.58 bits per heavy atom. The Morgan fingerprint density at radius 2 is 1.81 bits per heavy atom. The number of aliphatic hydroxyl groups is 1. The van der Waals surface area contributed by atoms with Crippen molar-refractivity contribution < 1.29 is 14.6 Å². The molecule has 1 saturated heterocycles. The summed E-state index contributed by atoms with van der Waals surface area (Å²) in [7, 11) is 0. The van der Waals surface area contributed by atoms with Crippen LogP contribution in [0.5, 0.6) is 0 Å². The van der Waals surface area contributed by atoms with E-state index in [4.69, 9.17) is 9.47 Å². The van der Waals surface area contributed by atoms with E-state index in [-0.39, 0.29) is 5.41 Å². The van der Waals surface area contributed by atoms with Crippen LogP contribution in [0.1, 0.15) is 72.1 Å². The van der Waals surface area contributed by atoms with Gasteiger partial charge in [0.25, 0.3) is 0 Å². The Labute approximate surface area is 158 Å². The molecule has 1 N–H and O–H groups in total. The van der Waals surface area contributed by atoms with Gasteiger partial charge in [0.05, 0.1) is 24.7 Å². The number of allylic oxidation sites excluding steroid dienone is 1. The van der Waals surface area contributed by atoms with Crippen molar-refractivity contribution in [3.63, 3.8) is 0 Å². The van der Waals surface area contributed by atoms with Crippen LogP contribution in [-0.4, -0.2) is 30.2 Å². The van der Waals surface area contributed by atoms with Crippen LogP contribution in [0.15, 0.2) is 11.6 Å². The number of aliphatic hydroxyl groups excluding tert-OH is 1. The van der Waals surface area contributed by atoms with Crippen LogP contribution in [0, 0.1) is 34.5 Å². The van der Waals surface area contributed by atoms with Gasteiger partial charge in [0.15, 0.2) is 5.79 Å². The van der Waals surface area contributed by atoms with Gasteiger partial charge in [-0.2, -0.15) is 0 Å². The maximum absolute atomic E-state index is 11.4. The summed E-state index contributed by atoms with van der Waals surface area (Å²) in [4.78, 5) is 0. The molecule has 3 heteroatoms. The van der Waals surface area contributed by atoms with Crippen LogP contribution in [0.25, 0.3) is 0 Å². The standard InChI is InChI=1S/C23H36O3/c1-15-7-9-21(2)16(13-15)5-6-17-18-8-10-23(25-11-4-12-26-23)22(18,3)20(24)14-19(17)21/h14-18,20,24H,4-13H2,1-3H3/t15-,16-,17+,18+,20?,21+,22-/m1/s1. The fraction of sp³-hybridized carbons (Fsp3) is 0.913. The second kappa shape index (κ2) is 5.81. The lowest BCUT2D eigenvalue weighted by Crippen LogP contribution is -2.61. The molecular formula is C23H36O3. The van der Waals surface area contributed by atoms with Gasteiger partial charge in [0.1, 0.15) is 0 Å². The van der Waals surface area contributed by atoms with Crippen LogP contribution < -0.4 is 0 Å². The van der Waals surface area contributed by atoms with Gasteiger partial charge in [0, 0.05) is 6.42 Å². The molecule has 3 nitrogen and oxygen atoms in total. The Morgan fingerprint density at radius 1 is 1.04 bits per heavy atom. The van der Waals surface area contributed by atoms with Crippen molar-refractivity contribution in [2.75, 3.05) is 13.2 Å². The van der Waals surface area contributed by atoms with E-state index in [2.05, 4.69) is 26.8 Å². The molecule has 1 spiro atoms. The van der Waals surface area contributed by atoms with Crippen LogP contribution >= 0.6 is 0 Å². The second-order valence-electron chi connectivity index (χ2n) is 10.5. The zero-order valence-corrected chi connectivity index (χ0v) is 16.8. The lowest BCUT2D eigenvalue weighted by molar-refractivity contribution is -0.329. The molecule has 1 heterocycles. The van der Waals surface area contributed by atoms with E-state index in [1.54, 1.807) is 5.57 Å². The highest BCUT2D eigenvalue weighted by atomic mass is 16.7. The van der Waals surface area contributed by atoms with Crippen LogP contribution in [0.2, 0.25) is 0 Å². The van der Waals surface area contributed by atoms with Crippen molar-refractivity contribution >= 4 is 0 Å². The molecule has 7 atom stereocenters. The highest BCUT2D eigenvalue weighted by Crippen LogP contribution is 2.67. The van der Waals surface area contributed by atoms with Crippen LogP contribution in [-0.2, 0) is 9.47 Å². The smallest absolute Gasteiger partial charge is 0.176 e. The summed E-state index contributed by atoms with van der Waals surface area (Å²) < 4.78 is 12.6. The van der Waals surface area contributed by atoms with E-state index < -0.39 is 11.9 Å². The highest BCUT2D eigenvalue weighted by Gasteiger charge is 2.68. The van der Waals surface area contributed by atoms with Crippen LogP contribution in [0.3, 0.4) is 0 Å². The van der Waals surface area contributed by atoms with Crippen LogP contribution in [0.4, 0.5) is 0 Å². The normalized spacial score (nSPS) is 52.8. The summed E-state index contributed by atoms with van der Waals surface area (Å²) in [5.74, 6) is 2.22. The van der Waals surface area contributed by atoms with Gasteiger partial charge in [-0.25, -0.2) is 0 Å². The number of rotatable bonds is 0. The average molecular weight is 361 g/mol. The summed E-state index contributed by atoms with van der Waals surface area (Å²) in [5.41, 5.74) is 1.61. The van der Waals surface area contributed by atoms with E-state index in [1.165, 1.54) is 32.1 Å².